The number of hydrogen-bond donors (Lipinski definition) is 2. The molecule has 0 aromatic carbocycles. The highest BCUT2D eigenvalue weighted by atomic mass is 16.5. The van der Waals surface area contributed by atoms with Crippen molar-refractivity contribution in [1.29, 1.82) is 0 Å². The van der Waals surface area contributed by atoms with E-state index >= 15 is 0 Å². The van der Waals surface area contributed by atoms with Crippen molar-refractivity contribution in [3.05, 3.63) is 12.2 Å². The van der Waals surface area contributed by atoms with Gasteiger partial charge in [-0.05, 0) is 45.4 Å². The molecular formula is C23H36N3O4+. The van der Waals surface area contributed by atoms with E-state index in [1.807, 2.05) is 0 Å². The number of methoxy groups -OCH3 is 1. The molecule has 166 valence electrons. The Kier molecular flexibility index (Phi) is 5.09. The largest absolute Gasteiger partial charge is 0.469 e. The highest BCUT2D eigenvalue weighted by Gasteiger charge is 2.64. The number of nitrogens with zero attached hydrogens (tertiary/aromatic N) is 1. The molecule has 2 fully saturated rings. The molecule has 5 heterocycles. The van der Waals surface area contributed by atoms with Crippen molar-refractivity contribution in [3.8, 4) is 0 Å². The van der Waals surface area contributed by atoms with Crippen LogP contribution in [0.1, 0.15) is 71.6 Å². The fraction of sp³-hybridized carbons (Fsp3) is 0.826. The third kappa shape index (κ3) is 3.16. The van der Waals surface area contributed by atoms with Crippen molar-refractivity contribution >= 4 is 11.9 Å². The Morgan fingerprint density at radius 2 is 2.13 bits per heavy atom. The predicted molar refractivity (Wildman–Crippen MR) is 112 cm³/mol. The maximum Gasteiger partial charge on any atom is 0.350 e. The Labute approximate surface area is 179 Å². The molecule has 0 amide bonds. The first kappa shape index (κ1) is 20.3. The van der Waals surface area contributed by atoms with Gasteiger partial charge in [-0.1, -0.05) is 19.1 Å². The zero-order valence-electron chi connectivity index (χ0n) is 18.5. The third-order valence-electron chi connectivity index (χ3n) is 7.80. The lowest BCUT2D eigenvalue weighted by Crippen LogP contribution is -2.76. The van der Waals surface area contributed by atoms with Crippen LogP contribution in [0.2, 0.25) is 0 Å². The summed E-state index contributed by atoms with van der Waals surface area (Å²) in [5.41, 5.74) is -1.09. The van der Waals surface area contributed by atoms with Gasteiger partial charge in [0.25, 0.3) is 0 Å². The number of nitrogens with one attached hydrogen (secondary N) is 2. The van der Waals surface area contributed by atoms with Crippen molar-refractivity contribution in [2.24, 2.45) is 5.92 Å². The summed E-state index contributed by atoms with van der Waals surface area (Å²) in [6.45, 7) is 4.28. The summed E-state index contributed by atoms with van der Waals surface area (Å²) < 4.78 is 20.9. The van der Waals surface area contributed by atoms with Gasteiger partial charge in [0.05, 0.1) is 31.4 Å². The number of hydrogen-bond acceptors (Lipinski definition) is 6. The van der Waals surface area contributed by atoms with Gasteiger partial charge >= 0.3 is 11.9 Å². The van der Waals surface area contributed by atoms with Crippen LogP contribution in [0.3, 0.4) is 0 Å². The molecule has 0 unspecified atom stereocenters. The Bertz CT molecular complexity index is 768. The summed E-state index contributed by atoms with van der Waals surface area (Å²) in [7, 11) is 1.49. The van der Waals surface area contributed by atoms with Gasteiger partial charge in [-0.25, -0.2) is 10.6 Å². The van der Waals surface area contributed by atoms with E-state index in [9.17, 15) is 4.79 Å². The van der Waals surface area contributed by atoms with Crippen molar-refractivity contribution in [1.82, 2.24) is 10.6 Å². The average Bonchev–Trinajstić information content (AvgIpc) is 3.02. The monoisotopic (exact) mass is 418 g/mol. The van der Waals surface area contributed by atoms with Crippen molar-refractivity contribution in [3.63, 3.8) is 0 Å². The van der Waals surface area contributed by atoms with Gasteiger partial charge < -0.3 is 14.2 Å². The molecule has 2 saturated heterocycles. The van der Waals surface area contributed by atoms with Gasteiger partial charge in [-0.15, -0.1) is 0 Å². The van der Waals surface area contributed by atoms with Crippen LogP contribution in [0.15, 0.2) is 12.2 Å². The molecule has 7 atom stereocenters. The summed E-state index contributed by atoms with van der Waals surface area (Å²) in [6, 6.07) is 0.458. The second kappa shape index (κ2) is 7.52. The van der Waals surface area contributed by atoms with E-state index < -0.39 is 5.72 Å². The maximum absolute atomic E-state index is 13.0. The maximum atomic E-state index is 13.0. The van der Waals surface area contributed by atoms with Crippen molar-refractivity contribution in [2.75, 3.05) is 7.11 Å². The molecule has 7 heteroatoms. The lowest BCUT2D eigenvalue weighted by molar-refractivity contribution is -0.609. The zero-order valence-corrected chi connectivity index (χ0v) is 18.5. The van der Waals surface area contributed by atoms with Gasteiger partial charge in [0.2, 0.25) is 5.72 Å². The van der Waals surface area contributed by atoms with E-state index in [2.05, 4.69) is 41.2 Å². The first-order valence-electron chi connectivity index (χ1n) is 11.8. The molecule has 0 aromatic rings. The lowest BCUT2D eigenvalue weighted by Gasteiger charge is -2.50. The predicted octanol–water partition coefficient (Wildman–Crippen LogP) is 2.40. The minimum atomic E-state index is -0.713. The number of allylic oxidation sites excluding steroid dienone is 1. The number of carbonyl (C=O) groups is 1. The summed E-state index contributed by atoms with van der Waals surface area (Å²) in [5, 5.41) is 7.48. The number of esters is 1. The molecule has 7 nitrogen and oxygen atoms in total. The normalized spacial score (nSPS) is 45.0. The second-order valence-electron chi connectivity index (χ2n) is 9.75. The van der Waals surface area contributed by atoms with Crippen LogP contribution in [0.25, 0.3) is 0 Å². The van der Waals surface area contributed by atoms with Crippen LogP contribution in [-0.4, -0.2) is 59.4 Å². The quantitative estimate of drug-likeness (QED) is 0.408. The first-order valence-corrected chi connectivity index (χ1v) is 11.8. The molecule has 5 aliphatic heterocycles. The Hall–Kier alpha value is -1.60. The minimum absolute atomic E-state index is 0.0970. The molecule has 0 aliphatic carbocycles. The highest BCUT2D eigenvalue weighted by molar-refractivity contribution is 5.82. The molecule has 5 aliphatic rings. The van der Waals surface area contributed by atoms with Crippen molar-refractivity contribution < 1.29 is 23.6 Å². The standard InChI is InChI=1S/C23H35N3O4/c1-4-17-9-5-6-12-22(30-17)14-16-10-11-18-19(20(27)28-3)23(13-7-8-15(2)29-23)25-21(24-22)26(16)18/h5,9,15-19H,4,6-8,10-14H2,1-3H3,(H,24,25)/p+1/t15-,16+,17+,18-,19+,22+,23-/m1/s1. The summed E-state index contributed by atoms with van der Waals surface area (Å²) >= 11 is 0. The second-order valence-corrected chi connectivity index (χ2v) is 9.75. The van der Waals surface area contributed by atoms with Gasteiger partial charge in [0.15, 0.2) is 11.6 Å². The fourth-order valence-corrected chi connectivity index (χ4v) is 6.52. The molecule has 0 radical (unpaired) electrons. The van der Waals surface area contributed by atoms with Crippen LogP contribution < -0.4 is 10.6 Å². The molecule has 0 aromatic heterocycles. The smallest absolute Gasteiger partial charge is 0.350 e. The van der Waals surface area contributed by atoms with Gasteiger partial charge in [0, 0.05) is 19.3 Å². The van der Waals surface area contributed by atoms with Gasteiger partial charge in [0.1, 0.15) is 0 Å². The van der Waals surface area contributed by atoms with E-state index in [1.54, 1.807) is 0 Å². The van der Waals surface area contributed by atoms with E-state index in [-0.39, 0.29) is 35.9 Å². The minimum Gasteiger partial charge on any atom is -0.469 e. The summed E-state index contributed by atoms with van der Waals surface area (Å²) in [5.74, 6) is 0.497. The summed E-state index contributed by atoms with van der Waals surface area (Å²) in [6.07, 6.45) is 13.5. The topological polar surface area (TPSA) is 71.8 Å². The van der Waals surface area contributed by atoms with Crippen LogP contribution in [0, 0.1) is 5.92 Å². The lowest BCUT2D eigenvalue weighted by atomic mass is 9.80. The van der Waals surface area contributed by atoms with E-state index in [0.29, 0.717) is 6.04 Å². The van der Waals surface area contributed by atoms with E-state index in [4.69, 9.17) is 14.2 Å². The van der Waals surface area contributed by atoms with E-state index in [1.165, 1.54) is 7.11 Å². The summed E-state index contributed by atoms with van der Waals surface area (Å²) in [4.78, 5) is 13.0. The Morgan fingerprint density at radius 3 is 2.90 bits per heavy atom. The van der Waals surface area contributed by atoms with Crippen LogP contribution in [0.5, 0.6) is 0 Å². The average molecular weight is 419 g/mol. The van der Waals surface area contributed by atoms with Gasteiger partial charge in [-0.2, -0.15) is 0 Å². The van der Waals surface area contributed by atoms with Gasteiger partial charge in [-0.3, -0.25) is 9.37 Å². The Balaban J connectivity index is 1.53. The van der Waals surface area contributed by atoms with Crippen molar-refractivity contribution in [2.45, 2.75) is 107 Å². The highest BCUT2D eigenvalue weighted by Crippen LogP contribution is 2.45. The Morgan fingerprint density at radius 1 is 1.27 bits per heavy atom. The number of rotatable bonds is 2. The van der Waals surface area contributed by atoms with Crippen LogP contribution in [-0.2, 0) is 19.0 Å². The molecule has 0 bridgehead atoms. The molecule has 5 rings (SSSR count). The zero-order chi connectivity index (χ0) is 20.9. The van der Waals surface area contributed by atoms with Crippen LogP contribution >= 0.6 is 0 Å². The molecule has 2 spiro atoms. The molecule has 0 saturated carbocycles. The fourth-order valence-electron chi connectivity index (χ4n) is 6.52. The SMILES string of the molecule is CC[C@H]1C=CCC[C@@]2(C[C@@H]3CC[C@@H]4[C@@H](C(=O)OC)[C@]5(CCC[C@@H](C)O5)NC(=[N+]34)N2)O1. The number of ether oxygens (including phenoxy) is 3. The molecule has 2 N–H and O–H groups in total. The van der Waals surface area contributed by atoms with E-state index in [0.717, 1.165) is 63.7 Å². The van der Waals surface area contributed by atoms with Crippen LogP contribution in [0.4, 0.5) is 0 Å². The first-order chi connectivity index (χ1) is 14.5. The number of carbonyl (C=O) groups excluding carboxylic acids is 1. The molecular weight excluding hydrogens is 382 g/mol. The number of guanidine groups is 1. The third-order valence-corrected chi connectivity index (χ3v) is 7.80. The molecule has 30 heavy (non-hydrogen) atoms.